The number of carbonyl (C=O) groups is 1. The van der Waals surface area contributed by atoms with Crippen molar-refractivity contribution in [1.29, 1.82) is 0 Å². The van der Waals surface area contributed by atoms with Gasteiger partial charge in [0.2, 0.25) is 0 Å². The van der Waals surface area contributed by atoms with Gasteiger partial charge in [-0.05, 0) is 65.2 Å². The van der Waals surface area contributed by atoms with Crippen LogP contribution in [-0.2, 0) is 11.4 Å². The van der Waals surface area contributed by atoms with Crippen LogP contribution in [-0.4, -0.2) is 27.7 Å². The first-order chi connectivity index (χ1) is 18.9. The molecular weight excluding hydrogens is 516 g/mol. The maximum atomic E-state index is 11.7. The van der Waals surface area contributed by atoms with Crippen LogP contribution in [0.4, 0.5) is 0 Å². The fraction of sp³-hybridized carbons (Fsp3) is 0.100. The number of hydrogen-bond donors (Lipinski definition) is 2. The first-order valence-corrected chi connectivity index (χ1v) is 12.9. The van der Waals surface area contributed by atoms with Crippen molar-refractivity contribution in [3.05, 3.63) is 100.0 Å². The smallest absolute Gasteiger partial charge is 0.417 e. The maximum Gasteiger partial charge on any atom is 0.417 e. The number of ether oxygens (including phenoxy) is 2. The Morgan fingerprint density at radius 1 is 0.974 bits per heavy atom. The minimum Gasteiger partial charge on any atom is -0.486 e. The Balaban J connectivity index is 1.34. The van der Waals surface area contributed by atoms with E-state index in [1.807, 2.05) is 37.3 Å². The van der Waals surface area contributed by atoms with Crippen LogP contribution in [0.25, 0.3) is 43.6 Å². The van der Waals surface area contributed by atoms with E-state index in [9.17, 15) is 9.59 Å². The van der Waals surface area contributed by atoms with Gasteiger partial charge in [0, 0.05) is 5.56 Å². The number of aromatic nitrogens is 2. The van der Waals surface area contributed by atoms with Crippen LogP contribution in [0.1, 0.15) is 10.6 Å². The fourth-order valence-electron chi connectivity index (χ4n) is 4.40. The van der Waals surface area contributed by atoms with E-state index < -0.39 is 18.3 Å². The Morgan fingerprint density at radius 3 is 2.62 bits per heavy atom. The number of hydrogen-bond acceptors (Lipinski definition) is 7. The van der Waals surface area contributed by atoms with Crippen molar-refractivity contribution in [2.24, 2.45) is 0 Å². The van der Waals surface area contributed by atoms with Crippen LogP contribution in [0, 0.1) is 6.92 Å². The number of carboxylic acid groups (broad SMARTS) is 1. The number of rotatable bonds is 8. The molecule has 0 saturated carbocycles. The second kappa shape index (κ2) is 10.1. The van der Waals surface area contributed by atoms with Gasteiger partial charge in [-0.2, -0.15) is 0 Å². The summed E-state index contributed by atoms with van der Waals surface area (Å²) in [6.45, 7) is 1.67. The van der Waals surface area contributed by atoms with Crippen molar-refractivity contribution in [1.82, 2.24) is 9.97 Å². The van der Waals surface area contributed by atoms with Gasteiger partial charge in [0.15, 0.2) is 12.2 Å². The first kappa shape index (κ1) is 24.4. The van der Waals surface area contributed by atoms with Crippen molar-refractivity contribution in [2.75, 3.05) is 6.61 Å². The van der Waals surface area contributed by atoms with E-state index in [1.54, 1.807) is 18.2 Å². The molecule has 0 radical (unpaired) electrons. The molecule has 9 heteroatoms. The number of oxazole rings is 1. The second-order valence-electron chi connectivity index (χ2n) is 8.97. The minimum atomic E-state index is -1.03. The van der Waals surface area contributed by atoms with Gasteiger partial charge in [-0.25, -0.2) is 14.6 Å². The summed E-state index contributed by atoms with van der Waals surface area (Å²) in [5.74, 6) is -0.422. The fourth-order valence-corrected chi connectivity index (χ4v) is 5.39. The van der Waals surface area contributed by atoms with Gasteiger partial charge in [-0.3, -0.25) is 4.98 Å². The third kappa shape index (κ3) is 5.12. The lowest BCUT2D eigenvalue weighted by Crippen LogP contribution is -2.10. The quantitative estimate of drug-likeness (QED) is 0.230. The molecule has 0 spiro atoms. The number of nitrogens with zero attached hydrogens (tertiary/aromatic N) is 1. The van der Waals surface area contributed by atoms with Crippen LogP contribution in [0.2, 0.25) is 0 Å². The molecule has 6 aromatic rings. The van der Waals surface area contributed by atoms with Crippen LogP contribution in [0.3, 0.4) is 0 Å². The molecule has 0 aliphatic rings. The van der Waals surface area contributed by atoms with Gasteiger partial charge in [0.1, 0.15) is 23.1 Å². The summed E-state index contributed by atoms with van der Waals surface area (Å²) in [7, 11) is 0. The number of benzene rings is 4. The third-order valence-electron chi connectivity index (χ3n) is 6.24. The largest absolute Gasteiger partial charge is 0.486 e. The summed E-state index contributed by atoms with van der Waals surface area (Å²) >= 11 is 1.54. The van der Waals surface area contributed by atoms with E-state index in [-0.39, 0.29) is 6.61 Å². The third-order valence-corrected chi connectivity index (χ3v) is 7.32. The molecule has 6 rings (SSSR count). The van der Waals surface area contributed by atoms with Crippen LogP contribution in [0.15, 0.2) is 88.1 Å². The molecular formula is C30H22N2O6S. The van der Waals surface area contributed by atoms with Crippen molar-refractivity contribution in [3.63, 3.8) is 0 Å². The average Bonchev–Trinajstić information content (AvgIpc) is 3.53. The Morgan fingerprint density at radius 2 is 1.79 bits per heavy atom. The normalized spacial score (nSPS) is 11.2. The lowest BCUT2D eigenvalue weighted by Gasteiger charge is -2.09. The highest BCUT2D eigenvalue weighted by Crippen LogP contribution is 2.39. The number of thiazole rings is 1. The van der Waals surface area contributed by atoms with E-state index in [0.717, 1.165) is 43.0 Å². The Bertz CT molecular complexity index is 1900. The molecule has 2 N–H and O–H groups in total. The molecule has 0 fully saturated rings. The first-order valence-electron chi connectivity index (χ1n) is 12.1. The zero-order chi connectivity index (χ0) is 26.9. The zero-order valence-corrected chi connectivity index (χ0v) is 21.6. The van der Waals surface area contributed by atoms with Gasteiger partial charge in [0.05, 0.1) is 16.1 Å². The molecule has 2 aromatic heterocycles. The predicted octanol–water partition coefficient (Wildman–Crippen LogP) is 6.42. The molecule has 0 unspecified atom stereocenters. The SMILES string of the molecule is Cc1cc(OCc2nc(-c3ccc4[nH]c(=O)oc4c3)c(-c3ccc4ccccc4c3)s2)ccc1OCC(=O)O. The number of H-pyrrole nitrogens is 1. The van der Waals surface area contributed by atoms with Crippen LogP contribution in [0.5, 0.6) is 11.5 Å². The maximum absolute atomic E-state index is 11.7. The molecule has 4 aromatic carbocycles. The summed E-state index contributed by atoms with van der Waals surface area (Å²) in [5, 5.41) is 11.9. The summed E-state index contributed by atoms with van der Waals surface area (Å²) in [5.41, 5.74) is 4.49. The van der Waals surface area contributed by atoms with Gasteiger partial charge in [-0.1, -0.05) is 42.5 Å². The second-order valence-corrected chi connectivity index (χ2v) is 10.1. The predicted molar refractivity (Wildman–Crippen MR) is 150 cm³/mol. The highest BCUT2D eigenvalue weighted by molar-refractivity contribution is 7.15. The number of aromatic amines is 1. The van der Waals surface area contributed by atoms with E-state index in [0.29, 0.717) is 22.6 Å². The van der Waals surface area contributed by atoms with Gasteiger partial charge >= 0.3 is 11.7 Å². The highest BCUT2D eigenvalue weighted by atomic mass is 32.1. The summed E-state index contributed by atoms with van der Waals surface area (Å²) in [6, 6.07) is 25.3. The molecule has 0 aliphatic heterocycles. The summed E-state index contributed by atoms with van der Waals surface area (Å²) in [6.07, 6.45) is 0. The van der Waals surface area contributed by atoms with Crippen molar-refractivity contribution in [2.45, 2.75) is 13.5 Å². The average molecular weight is 539 g/mol. The minimum absolute atomic E-state index is 0.238. The molecule has 0 bridgehead atoms. The van der Waals surface area contributed by atoms with E-state index in [2.05, 4.69) is 35.3 Å². The molecule has 0 aliphatic carbocycles. The topological polar surface area (TPSA) is 115 Å². The zero-order valence-electron chi connectivity index (χ0n) is 20.8. The number of nitrogens with one attached hydrogen (secondary N) is 1. The van der Waals surface area contributed by atoms with Crippen LogP contribution >= 0.6 is 11.3 Å². The number of aliphatic carboxylic acids is 1. The molecule has 194 valence electrons. The summed E-state index contributed by atoms with van der Waals surface area (Å²) < 4.78 is 16.6. The molecule has 8 nitrogen and oxygen atoms in total. The number of aryl methyl sites for hydroxylation is 1. The lowest BCUT2D eigenvalue weighted by atomic mass is 10.0. The highest BCUT2D eigenvalue weighted by Gasteiger charge is 2.17. The summed E-state index contributed by atoms with van der Waals surface area (Å²) in [4.78, 5) is 31.1. The number of fused-ring (bicyclic) bond motifs is 2. The Kier molecular flexibility index (Phi) is 6.34. The van der Waals surface area contributed by atoms with Gasteiger partial charge in [0.25, 0.3) is 0 Å². The molecule has 2 heterocycles. The Labute approximate surface area is 226 Å². The van der Waals surface area contributed by atoms with Gasteiger partial charge in [-0.15, -0.1) is 11.3 Å². The van der Waals surface area contributed by atoms with E-state index >= 15 is 0 Å². The van der Waals surface area contributed by atoms with E-state index in [1.165, 1.54) is 11.3 Å². The molecule has 0 amide bonds. The molecule has 39 heavy (non-hydrogen) atoms. The van der Waals surface area contributed by atoms with E-state index in [4.69, 9.17) is 24.0 Å². The molecule has 0 saturated heterocycles. The van der Waals surface area contributed by atoms with Crippen LogP contribution < -0.4 is 15.2 Å². The molecule has 0 atom stereocenters. The number of carboxylic acids is 1. The standard InChI is InChI=1S/C30H22N2O6S/c1-17-12-22(9-11-24(17)37-16-27(33)34)36-15-26-32-28(20-8-10-23-25(14-20)38-30(35)31-23)29(39-26)21-7-6-18-4-2-3-5-19(18)13-21/h2-14H,15-16H2,1H3,(H,31,35)(H,33,34). The van der Waals surface area contributed by atoms with Crippen molar-refractivity contribution < 1.29 is 23.8 Å². The lowest BCUT2D eigenvalue weighted by molar-refractivity contribution is -0.139. The van der Waals surface area contributed by atoms with Crippen molar-refractivity contribution >= 4 is 39.2 Å². The van der Waals surface area contributed by atoms with Gasteiger partial charge < -0.3 is 19.0 Å². The van der Waals surface area contributed by atoms with Crippen molar-refractivity contribution in [3.8, 4) is 33.2 Å². The Hall–Kier alpha value is -4.89. The monoisotopic (exact) mass is 538 g/mol.